The number of hydrogen-bond donors (Lipinski definition) is 2. The molecule has 1 aliphatic heterocycles. The van der Waals surface area contributed by atoms with E-state index in [1.54, 1.807) is 0 Å². The molecule has 1 aliphatic rings. The van der Waals surface area contributed by atoms with Gasteiger partial charge in [0.05, 0.1) is 11.3 Å². The van der Waals surface area contributed by atoms with Crippen molar-refractivity contribution in [2.24, 2.45) is 0 Å². The summed E-state index contributed by atoms with van der Waals surface area (Å²) in [6.07, 6.45) is 0. The van der Waals surface area contributed by atoms with Gasteiger partial charge in [0.1, 0.15) is 5.82 Å². The van der Waals surface area contributed by atoms with E-state index in [0.717, 1.165) is 26.9 Å². The third kappa shape index (κ3) is 1.89. The Balaban J connectivity index is 2.18. The average Bonchev–Trinajstić information content (AvgIpc) is 2.77. The van der Waals surface area contributed by atoms with Crippen LogP contribution >= 0.6 is 15.9 Å². The topological polar surface area (TPSA) is 57.8 Å². The van der Waals surface area contributed by atoms with E-state index in [1.807, 2.05) is 25.1 Å². The van der Waals surface area contributed by atoms with Crippen LogP contribution in [0.3, 0.4) is 0 Å². The molecule has 92 valence electrons. The summed E-state index contributed by atoms with van der Waals surface area (Å²) in [6, 6.07) is 5.93. The van der Waals surface area contributed by atoms with Gasteiger partial charge in [-0.1, -0.05) is 15.9 Å². The normalized spacial score (nSPS) is 13.7. The highest BCUT2D eigenvalue weighted by atomic mass is 79.9. The molecule has 0 atom stereocenters. The molecule has 2 aromatic rings. The van der Waals surface area contributed by atoms with E-state index < -0.39 is 0 Å². The lowest BCUT2D eigenvalue weighted by molar-refractivity contribution is 0.757. The zero-order chi connectivity index (χ0) is 12.7. The standard InChI is InChI=1S/C13H12BrN3O/c1-7-4-8(14)2-3-9(7)12-16-11-6-15-5-10(11)13(18)17-12/h2-4,15H,5-6H2,1H3,(H,16,17,18). The fourth-order valence-electron chi connectivity index (χ4n) is 2.20. The van der Waals surface area contributed by atoms with Gasteiger partial charge in [-0.15, -0.1) is 0 Å². The number of hydrogen-bond acceptors (Lipinski definition) is 3. The molecule has 0 fully saturated rings. The van der Waals surface area contributed by atoms with Crippen molar-refractivity contribution in [1.82, 2.24) is 15.3 Å². The number of nitrogens with zero attached hydrogens (tertiary/aromatic N) is 1. The maximum atomic E-state index is 11.9. The van der Waals surface area contributed by atoms with Crippen molar-refractivity contribution >= 4 is 15.9 Å². The minimum absolute atomic E-state index is 0.0395. The Morgan fingerprint density at radius 2 is 2.17 bits per heavy atom. The molecule has 0 saturated carbocycles. The predicted octanol–water partition coefficient (Wildman–Crippen LogP) is 2.11. The minimum atomic E-state index is -0.0395. The van der Waals surface area contributed by atoms with Crippen molar-refractivity contribution in [3.05, 3.63) is 49.8 Å². The summed E-state index contributed by atoms with van der Waals surface area (Å²) in [7, 11) is 0. The molecule has 1 aromatic carbocycles. The van der Waals surface area contributed by atoms with Crippen molar-refractivity contribution in [3.8, 4) is 11.4 Å². The van der Waals surface area contributed by atoms with Gasteiger partial charge in [-0.05, 0) is 30.7 Å². The van der Waals surface area contributed by atoms with E-state index in [0.29, 0.717) is 18.9 Å². The molecule has 1 aromatic heterocycles. The Labute approximate surface area is 113 Å². The largest absolute Gasteiger partial charge is 0.307 e. The molecule has 4 nitrogen and oxygen atoms in total. The number of aromatic nitrogens is 2. The van der Waals surface area contributed by atoms with Gasteiger partial charge in [0, 0.05) is 23.1 Å². The van der Waals surface area contributed by atoms with Crippen molar-refractivity contribution < 1.29 is 0 Å². The summed E-state index contributed by atoms with van der Waals surface area (Å²) in [6.45, 7) is 3.28. The van der Waals surface area contributed by atoms with E-state index >= 15 is 0 Å². The predicted molar refractivity (Wildman–Crippen MR) is 73.3 cm³/mol. The van der Waals surface area contributed by atoms with Gasteiger partial charge in [-0.2, -0.15) is 0 Å². The molecule has 3 rings (SSSR count). The maximum absolute atomic E-state index is 11.9. The summed E-state index contributed by atoms with van der Waals surface area (Å²) in [4.78, 5) is 19.3. The summed E-state index contributed by atoms with van der Waals surface area (Å²) in [5.41, 5.74) is 3.62. The van der Waals surface area contributed by atoms with Crippen LogP contribution in [0.15, 0.2) is 27.5 Å². The molecule has 18 heavy (non-hydrogen) atoms. The summed E-state index contributed by atoms with van der Waals surface area (Å²) in [5, 5.41) is 3.14. The number of benzene rings is 1. The van der Waals surface area contributed by atoms with Gasteiger partial charge in [-0.3, -0.25) is 4.79 Å². The SMILES string of the molecule is Cc1cc(Br)ccc1-c1nc2c(c(=O)[nH]1)CNC2. The number of aryl methyl sites for hydroxylation is 1. The van der Waals surface area contributed by atoms with Crippen molar-refractivity contribution in [1.29, 1.82) is 0 Å². The van der Waals surface area contributed by atoms with E-state index in [9.17, 15) is 4.79 Å². The van der Waals surface area contributed by atoms with E-state index in [-0.39, 0.29) is 5.56 Å². The Kier molecular flexibility index (Phi) is 2.80. The lowest BCUT2D eigenvalue weighted by Gasteiger charge is -2.07. The quantitative estimate of drug-likeness (QED) is 0.848. The lowest BCUT2D eigenvalue weighted by Crippen LogP contribution is -2.15. The third-order valence-corrected chi connectivity index (χ3v) is 3.63. The Morgan fingerprint density at radius 1 is 1.33 bits per heavy atom. The highest BCUT2D eigenvalue weighted by Gasteiger charge is 2.17. The number of H-pyrrole nitrogens is 1. The first-order valence-electron chi connectivity index (χ1n) is 5.74. The zero-order valence-electron chi connectivity index (χ0n) is 9.88. The van der Waals surface area contributed by atoms with Gasteiger partial charge in [0.25, 0.3) is 5.56 Å². The summed E-state index contributed by atoms with van der Waals surface area (Å²) < 4.78 is 1.02. The molecule has 0 saturated heterocycles. The average molecular weight is 306 g/mol. The van der Waals surface area contributed by atoms with Crippen LogP contribution in [0, 0.1) is 6.92 Å². The van der Waals surface area contributed by atoms with Crippen LogP contribution in [-0.2, 0) is 13.1 Å². The maximum Gasteiger partial charge on any atom is 0.255 e. The van der Waals surface area contributed by atoms with Crippen molar-refractivity contribution in [2.45, 2.75) is 20.0 Å². The van der Waals surface area contributed by atoms with E-state index in [2.05, 4.69) is 31.2 Å². The molecule has 0 aliphatic carbocycles. The smallest absolute Gasteiger partial charge is 0.255 e. The second-order valence-corrected chi connectivity index (χ2v) is 5.32. The van der Waals surface area contributed by atoms with Crippen molar-refractivity contribution in [2.75, 3.05) is 0 Å². The summed E-state index contributed by atoms with van der Waals surface area (Å²) >= 11 is 3.43. The van der Waals surface area contributed by atoms with Crippen LogP contribution in [0.4, 0.5) is 0 Å². The molecule has 2 N–H and O–H groups in total. The van der Waals surface area contributed by atoms with Crippen LogP contribution in [0.5, 0.6) is 0 Å². The number of nitrogens with one attached hydrogen (secondary N) is 2. The first-order chi connectivity index (χ1) is 8.65. The van der Waals surface area contributed by atoms with E-state index in [1.165, 1.54) is 0 Å². The van der Waals surface area contributed by atoms with Crippen molar-refractivity contribution in [3.63, 3.8) is 0 Å². The number of aromatic amines is 1. The number of rotatable bonds is 1. The lowest BCUT2D eigenvalue weighted by atomic mass is 10.1. The minimum Gasteiger partial charge on any atom is -0.307 e. The highest BCUT2D eigenvalue weighted by Crippen LogP contribution is 2.23. The van der Waals surface area contributed by atoms with Crippen LogP contribution in [0.2, 0.25) is 0 Å². The molecular weight excluding hydrogens is 294 g/mol. The number of fused-ring (bicyclic) bond motifs is 1. The Hall–Kier alpha value is -1.46. The number of halogens is 1. The van der Waals surface area contributed by atoms with E-state index in [4.69, 9.17) is 0 Å². The van der Waals surface area contributed by atoms with Gasteiger partial charge in [0.2, 0.25) is 0 Å². The second kappa shape index (κ2) is 4.33. The Morgan fingerprint density at radius 3 is 2.94 bits per heavy atom. The first-order valence-corrected chi connectivity index (χ1v) is 6.54. The van der Waals surface area contributed by atoms with Crippen LogP contribution < -0.4 is 10.9 Å². The first kappa shape index (κ1) is 11.6. The molecule has 0 unspecified atom stereocenters. The fraction of sp³-hybridized carbons (Fsp3) is 0.231. The molecule has 2 heterocycles. The highest BCUT2D eigenvalue weighted by molar-refractivity contribution is 9.10. The molecule has 0 bridgehead atoms. The second-order valence-electron chi connectivity index (χ2n) is 4.40. The van der Waals surface area contributed by atoms with Crippen LogP contribution in [-0.4, -0.2) is 9.97 Å². The molecule has 0 amide bonds. The van der Waals surface area contributed by atoms with Crippen LogP contribution in [0.1, 0.15) is 16.8 Å². The summed E-state index contributed by atoms with van der Waals surface area (Å²) in [5.74, 6) is 0.646. The third-order valence-electron chi connectivity index (χ3n) is 3.14. The zero-order valence-corrected chi connectivity index (χ0v) is 11.5. The molecule has 5 heteroatoms. The Bertz CT molecular complexity index is 678. The van der Waals surface area contributed by atoms with Gasteiger partial charge >= 0.3 is 0 Å². The fourth-order valence-corrected chi connectivity index (χ4v) is 2.67. The van der Waals surface area contributed by atoms with Gasteiger partial charge in [0.15, 0.2) is 0 Å². The van der Waals surface area contributed by atoms with Crippen LogP contribution in [0.25, 0.3) is 11.4 Å². The van der Waals surface area contributed by atoms with Gasteiger partial charge < -0.3 is 10.3 Å². The molecule has 0 radical (unpaired) electrons. The molecule has 0 spiro atoms. The van der Waals surface area contributed by atoms with Gasteiger partial charge in [-0.25, -0.2) is 4.98 Å². The monoisotopic (exact) mass is 305 g/mol. The molecular formula is C13H12BrN3O.